The van der Waals surface area contributed by atoms with Crippen LogP contribution in [0.5, 0.6) is 0 Å². The normalized spacial score (nSPS) is 10.2. The molecule has 0 radical (unpaired) electrons. The van der Waals surface area contributed by atoms with E-state index in [0.717, 1.165) is 4.88 Å². The van der Waals surface area contributed by atoms with Gasteiger partial charge in [-0.15, -0.1) is 11.3 Å². The Labute approximate surface area is 79.8 Å². The lowest BCUT2D eigenvalue weighted by Crippen LogP contribution is -2.16. The van der Waals surface area contributed by atoms with Crippen molar-refractivity contribution in [3.8, 4) is 0 Å². The first-order valence-electron chi connectivity index (χ1n) is 3.87. The van der Waals surface area contributed by atoms with Gasteiger partial charge in [0.2, 0.25) is 0 Å². The van der Waals surface area contributed by atoms with Crippen molar-refractivity contribution in [2.24, 2.45) is 0 Å². The van der Waals surface area contributed by atoms with Crippen LogP contribution in [-0.4, -0.2) is 29.3 Å². The molecular weight excluding hydrogens is 190 g/mol. The van der Waals surface area contributed by atoms with Gasteiger partial charge in [0.05, 0.1) is 6.61 Å². The summed E-state index contributed by atoms with van der Waals surface area (Å²) in [6.45, 7) is 1.23. The molecule has 0 spiro atoms. The predicted octanol–water partition coefficient (Wildman–Crippen LogP) is 0.528. The lowest BCUT2D eigenvalue weighted by atomic mass is 10.4. The molecule has 0 fully saturated rings. The third-order valence-electron chi connectivity index (χ3n) is 1.46. The van der Waals surface area contributed by atoms with Gasteiger partial charge in [-0.3, -0.25) is 0 Å². The lowest BCUT2D eigenvalue weighted by molar-refractivity contribution is 0.0702. The predicted molar refractivity (Wildman–Crippen MR) is 50.1 cm³/mol. The molecule has 13 heavy (non-hydrogen) atoms. The molecular formula is C8H11NO3S. The van der Waals surface area contributed by atoms with E-state index in [4.69, 9.17) is 10.2 Å². The number of hydrogen-bond acceptors (Lipinski definition) is 4. The Bertz CT molecular complexity index is 285. The van der Waals surface area contributed by atoms with Gasteiger partial charge in [-0.2, -0.15) is 0 Å². The van der Waals surface area contributed by atoms with E-state index in [0.29, 0.717) is 18.0 Å². The molecule has 0 unspecified atom stereocenters. The molecule has 0 aromatic carbocycles. The van der Waals surface area contributed by atoms with Crippen molar-refractivity contribution >= 4 is 17.3 Å². The molecule has 0 aliphatic carbocycles. The van der Waals surface area contributed by atoms with Crippen molar-refractivity contribution in [3.63, 3.8) is 0 Å². The molecule has 1 heterocycles. The number of nitrogens with one attached hydrogen (secondary N) is 1. The summed E-state index contributed by atoms with van der Waals surface area (Å²) < 4.78 is 0. The SMILES string of the molecule is O=C(O)c1ccc(CNCCO)s1. The zero-order chi connectivity index (χ0) is 9.68. The van der Waals surface area contributed by atoms with E-state index in [1.54, 1.807) is 12.1 Å². The summed E-state index contributed by atoms with van der Waals surface area (Å²) >= 11 is 1.25. The Kier molecular flexibility index (Phi) is 3.88. The smallest absolute Gasteiger partial charge is 0.345 e. The second-order valence-electron chi connectivity index (χ2n) is 2.47. The fourth-order valence-electron chi connectivity index (χ4n) is 0.879. The Morgan fingerprint density at radius 1 is 1.54 bits per heavy atom. The van der Waals surface area contributed by atoms with Gasteiger partial charge in [-0.25, -0.2) is 4.79 Å². The van der Waals surface area contributed by atoms with Crippen molar-refractivity contribution < 1.29 is 15.0 Å². The summed E-state index contributed by atoms with van der Waals surface area (Å²) in [5.74, 6) is -0.890. The number of carbonyl (C=O) groups is 1. The van der Waals surface area contributed by atoms with Crippen LogP contribution in [0.3, 0.4) is 0 Å². The van der Waals surface area contributed by atoms with Crippen LogP contribution in [0, 0.1) is 0 Å². The molecule has 0 saturated heterocycles. The minimum Gasteiger partial charge on any atom is -0.477 e. The number of hydrogen-bond donors (Lipinski definition) is 3. The quantitative estimate of drug-likeness (QED) is 0.608. The van der Waals surface area contributed by atoms with E-state index in [1.807, 2.05) is 0 Å². The highest BCUT2D eigenvalue weighted by Gasteiger charge is 2.05. The number of carboxylic acids is 1. The molecule has 0 aliphatic heterocycles. The third-order valence-corrected chi connectivity index (χ3v) is 2.53. The van der Waals surface area contributed by atoms with E-state index in [1.165, 1.54) is 11.3 Å². The average Bonchev–Trinajstić information content (AvgIpc) is 2.53. The Balaban J connectivity index is 2.44. The van der Waals surface area contributed by atoms with Gasteiger partial charge in [0, 0.05) is 18.0 Å². The van der Waals surface area contributed by atoms with Gasteiger partial charge in [0.1, 0.15) is 4.88 Å². The number of thiophene rings is 1. The van der Waals surface area contributed by atoms with E-state index in [2.05, 4.69) is 5.32 Å². The summed E-state index contributed by atoms with van der Waals surface area (Å²) in [4.78, 5) is 11.8. The number of carboxylic acid groups (broad SMARTS) is 1. The Hall–Kier alpha value is -0.910. The number of aromatic carboxylic acids is 1. The summed E-state index contributed by atoms with van der Waals surface area (Å²) in [5, 5.41) is 20.1. The Morgan fingerprint density at radius 3 is 2.85 bits per heavy atom. The monoisotopic (exact) mass is 201 g/mol. The van der Waals surface area contributed by atoms with Gasteiger partial charge < -0.3 is 15.5 Å². The first-order chi connectivity index (χ1) is 6.24. The van der Waals surface area contributed by atoms with Crippen LogP contribution in [0.15, 0.2) is 12.1 Å². The van der Waals surface area contributed by atoms with Crippen LogP contribution in [-0.2, 0) is 6.54 Å². The first-order valence-corrected chi connectivity index (χ1v) is 4.69. The molecule has 0 atom stereocenters. The molecule has 1 rings (SSSR count). The van der Waals surface area contributed by atoms with Crippen molar-refractivity contribution in [3.05, 3.63) is 21.9 Å². The topological polar surface area (TPSA) is 69.6 Å². The van der Waals surface area contributed by atoms with Gasteiger partial charge in [0.15, 0.2) is 0 Å². The van der Waals surface area contributed by atoms with Crippen LogP contribution in [0.2, 0.25) is 0 Å². The van der Waals surface area contributed by atoms with Crippen LogP contribution >= 0.6 is 11.3 Å². The maximum absolute atomic E-state index is 10.5. The molecule has 4 nitrogen and oxygen atoms in total. The maximum atomic E-state index is 10.5. The van der Waals surface area contributed by atoms with E-state index < -0.39 is 5.97 Å². The summed E-state index contributed by atoms with van der Waals surface area (Å²) in [7, 11) is 0. The minimum atomic E-state index is -0.890. The highest BCUT2D eigenvalue weighted by molar-refractivity contribution is 7.13. The zero-order valence-electron chi connectivity index (χ0n) is 6.99. The molecule has 1 aromatic heterocycles. The summed E-state index contributed by atoms with van der Waals surface area (Å²) in [6.07, 6.45) is 0. The largest absolute Gasteiger partial charge is 0.477 e. The molecule has 0 saturated carbocycles. The minimum absolute atomic E-state index is 0.0944. The first kappa shape index (κ1) is 10.2. The molecule has 0 aliphatic rings. The maximum Gasteiger partial charge on any atom is 0.345 e. The van der Waals surface area contributed by atoms with E-state index >= 15 is 0 Å². The molecule has 0 amide bonds. The van der Waals surface area contributed by atoms with Crippen LogP contribution in [0.4, 0.5) is 0 Å². The van der Waals surface area contributed by atoms with Crippen molar-refractivity contribution in [2.75, 3.05) is 13.2 Å². The highest BCUT2D eigenvalue weighted by atomic mass is 32.1. The van der Waals surface area contributed by atoms with Crippen LogP contribution < -0.4 is 5.32 Å². The number of aliphatic hydroxyl groups excluding tert-OH is 1. The lowest BCUT2D eigenvalue weighted by Gasteiger charge is -1.97. The van der Waals surface area contributed by atoms with Gasteiger partial charge in [-0.05, 0) is 12.1 Å². The number of rotatable bonds is 5. The summed E-state index contributed by atoms with van der Waals surface area (Å²) in [6, 6.07) is 3.36. The molecule has 3 N–H and O–H groups in total. The van der Waals surface area contributed by atoms with Crippen LogP contribution in [0.25, 0.3) is 0 Å². The standard InChI is InChI=1S/C8H11NO3S/c10-4-3-9-5-6-1-2-7(13-6)8(11)12/h1-2,9-10H,3-5H2,(H,11,12). The van der Waals surface area contributed by atoms with Crippen molar-refractivity contribution in [1.82, 2.24) is 5.32 Å². The van der Waals surface area contributed by atoms with E-state index in [9.17, 15) is 4.79 Å². The van der Waals surface area contributed by atoms with Crippen LogP contribution in [0.1, 0.15) is 14.5 Å². The van der Waals surface area contributed by atoms with Crippen molar-refractivity contribution in [2.45, 2.75) is 6.54 Å². The Morgan fingerprint density at radius 2 is 2.31 bits per heavy atom. The molecule has 1 aromatic rings. The second kappa shape index (κ2) is 4.96. The fraction of sp³-hybridized carbons (Fsp3) is 0.375. The zero-order valence-corrected chi connectivity index (χ0v) is 7.80. The van der Waals surface area contributed by atoms with Gasteiger partial charge in [0.25, 0.3) is 0 Å². The molecule has 72 valence electrons. The number of aliphatic hydroxyl groups is 1. The van der Waals surface area contributed by atoms with E-state index in [-0.39, 0.29) is 6.61 Å². The second-order valence-corrected chi connectivity index (χ2v) is 3.64. The highest BCUT2D eigenvalue weighted by Crippen LogP contribution is 2.15. The van der Waals surface area contributed by atoms with Gasteiger partial charge >= 0.3 is 5.97 Å². The van der Waals surface area contributed by atoms with Crippen molar-refractivity contribution in [1.29, 1.82) is 0 Å². The van der Waals surface area contributed by atoms with Gasteiger partial charge in [-0.1, -0.05) is 0 Å². The average molecular weight is 201 g/mol. The fourth-order valence-corrected chi connectivity index (χ4v) is 1.69. The molecule has 5 heteroatoms. The molecule has 0 bridgehead atoms. The third kappa shape index (κ3) is 3.14. The summed E-state index contributed by atoms with van der Waals surface area (Å²) in [5.41, 5.74) is 0.